The Morgan fingerprint density at radius 2 is 1.77 bits per heavy atom. The standard InChI is InChI=1S/C28H38O3/c1-4-18-31-22-12-14-25(2)21(19-22)10-11-24-23(25)13-15-26(3)27(29,16-17-28(24,26)30)20-8-6-5-7-9-20/h4-9,19,22-24,29-30H,1,10-18H2,2-3H3/t22?,23-,24-,25+,26-,27?,28-/m1/s1. The van der Waals surface area contributed by atoms with Crippen LogP contribution >= 0.6 is 0 Å². The summed E-state index contributed by atoms with van der Waals surface area (Å²) in [5.41, 5.74) is 0.366. The van der Waals surface area contributed by atoms with Crippen LogP contribution in [0.2, 0.25) is 0 Å². The molecule has 1 aromatic carbocycles. The van der Waals surface area contributed by atoms with E-state index in [0.717, 1.165) is 44.1 Å². The second kappa shape index (κ2) is 7.30. The molecule has 2 N–H and O–H groups in total. The molecule has 0 aliphatic heterocycles. The van der Waals surface area contributed by atoms with Gasteiger partial charge in [0.15, 0.2) is 0 Å². The molecule has 4 aliphatic rings. The molecule has 3 nitrogen and oxygen atoms in total. The maximum Gasteiger partial charge on any atom is 0.0978 e. The molecule has 0 amide bonds. The third-order valence-electron chi connectivity index (χ3n) is 10.1. The van der Waals surface area contributed by atoms with Crippen LogP contribution in [0.1, 0.15) is 70.8 Å². The number of hydrogen-bond donors (Lipinski definition) is 2. The highest BCUT2D eigenvalue weighted by Crippen LogP contribution is 2.71. The highest BCUT2D eigenvalue weighted by Gasteiger charge is 2.71. The fourth-order valence-electron chi connectivity index (χ4n) is 8.18. The van der Waals surface area contributed by atoms with Crippen molar-refractivity contribution in [3.05, 3.63) is 60.2 Å². The Hall–Kier alpha value is -1.42. The van der Waals surface area contributed by atoms with Crippen LogP contribution in [0.15, 0.2) is 54.6 Å². The molecular weight excluding hydrogens is 384 g/mol. The van der Waals surface area contributed by atoms with Crippen LogP contribution in [-0.4, -0.2) is 28.5 Å². The molecule has 0 radical (unpaired) electrons. The first-order valence-corrected chi connectivity index (χ1v) is 12.2. The maximum absolute atomic E-state index is 12.3. The molecule has 2 unspecified atom stereocenters. The molecule has 3 heteroatoms. The molecule has 168 valence electrons. The van der Waals surface area contributed by atoms with Crippen molar-refractivity contribution in [2.45, 2.75) is 82.5 Å². The largest absolute Gasteiger partial charge is 0.389 e. The molecule has 31 heavy (non-hydrogen) atoms. The summed E-state index contributed by atoms with van der Waals surface area (Å²) in [6, 6.07) is 10.1. The third kappa shape index (κ3) is 2.82. The van der Waals surface area contributed by atoms with Gasteiger partial charge in [0.2, 0.25) is 0 Å². The van der Waals surface area contributed by atoms with Gasteiger partial charge < -0.3 is 14.9 Å². The van der Waals surface area contributed by atoms with Crippen LogP contribution < -0.4 is 0 Å². The van der Waals surface area contributed by atoms with E-state index in [4.69, 9.17) is 4.74 Å². The van der Waals surface area contributed by atoms with Crippen molar-refractivity contribution < 1.29 is 14.9 Å². The molecule has 0 aromatic heterocycles. The van der Waals surface area contributed by atoms with Gasteiger partial charge in [-0.25, -0.2) is 0 Å². The summed E-state index contributed by atoms with van der Waals surface area (Å²) < 4.78 is 5.97. The minimum atomic E-state index is -0.957. The summed E-state index contributed by atoms with van der Waals surface area (Å²) in [6.45, 7) is 8.98. The topological polar surface area (TPSA) is 49.7 Å². The predicted octanol–water partition coefficient (Wildman–Crippen LogP) is 5.52. The van der Waals surface area contributed by atoms with Gasteiger partial charge in [-0.2, -0.15) is 0 Å². The highest BCUT2D eigenvalue weighted by molar-refractivity contribution is 5.34. The number of hydrogen-bond acceptors (Lipinski definition) is 3. The van der Waals surface area contributed by atoms with Crippen molar-refractivity contribution >= 4 is 0 Å². The molecule has 4 aliphatic carbocycles. The molecule has 0 bridgehead atoms. The van der Waals surface area contributed by atoms with E-state index in [-0.39, 0.29) is 17.4 Å². The first-order chi connectivity index (χ1) is 14.8. The Bertz CT molecular complexity index is 878. The summed E-state index contributed by atoms with van der Waals surface area (Å²) in [5, 5.41) is 24.3. The molecule has 3 saturated carbocycles. The molecule has 7 atom stereocenters. The van der Waals surface area contributed by atoms with Crippen LogP contribution in [0, 0.1) is 22.7 Å². The Labute approximate surface area is 187 Å². The van der Waals surface area contributed by atoms with Gasteiger partial charge in [-0.15, -0.1) is 6.58 Å². The zero-order chi connectivity index (χ0) is 21.9. The van der Waals surface area contributed by atoms with E-state index >= 15 is 0 Å². The second-order valence-electron chi connectivity index (χ2n) is 11.1. The molecular formula is C28H38O3. The smallest absolute Gasteiger partial charge is 0.0978 e. The van der Waals surface area contributed by atoms with E-state index in [1.807, 2.05) is 36.4 Å². The van der Waals surface area contributed by atoms with Crippen molar-refractivity contribution in [2.24, 2.45) is 22.7 Å². The van der Waals surface area contributed by atoms with Crippen molar-refractivity contribution in [1.82, 2.24) is 0 Å². The number of ether oxygens (including phenoxy) is 1. The van der Waals surface area contributed by atoms with Gasteiger partial charge in [0.25, 0.3) is 0 Å². The number of fused-ring (bicyclic) bond motifs is 5. The van der Waals surface area contributed by atoms with Gasteiger partial charge in [0, 0.05) is 5.41 Å². The lowest BCUT2D eigenvalue weighted by atomic mass is 9.44. The lowest BCUT2D eigenvalue weighted by Gasteiger charge is -2.62. The summed E-state index contributed by atoms with van der Waals surface area (Å²) in [6.07, 6.45) is 11.9. The summed E-state index contributed by atoms with van der Waals surface area (Å²) >= 11 is 0. The monoisotopic (exact) mass is 422 g/mol. The van der Waals surface area contributed by atoms with Gasteiger partial charge in [-0.3, -0.25) is 0 Å². The fraction of sp³-hybridized carbons (Fsp3) is 0.643. The molecule has 0 saturated heterocycles. The number of rotatable bonds is 4. The zero-order valence-corrected chi connectivity index (χ0v) is 19.1. The first-order valence-electron chi connectivity index (χ1n) is 12.2. The average Bonchev–Trinajstić information content (AvgIpc) is 3.00. The lowest BCUT2D eigenvalue weighted by Crippen LogP contribution is -2.63. The molecule has 3 fully saturated rings. The van der Waals surface area contributed by atoms with Gasteiger partial charge in [-0.05, 0) is 74.2 Å². The molecule has 0 heterocycles. The maximum atomic E-state index is 12.3. The lowest BCUT2D eigenvalue weighted by molar-refractivity contribution is -0.221. The Morgan fingerprint density at radius 3 is 2.52 bits per heavy atom. The van der Waals surface area contributed by atoms with Crippen LogP contribution in [-0.2, 0) is 10.3 Å². The Kier molecular flexibility index (Phi) is 5.04. The van der Waals surface area contributed by atoms with Crippen LogP contribution in [0.25, 0.3) is 0 Å². The van der Waals surface area contributed by atoms with E-state index in [1.165, 1.54) is 5.57 Å². The first kappa shape index (κ1) is 21.4. The van der Waals surface area contributed by atoms with E-state index in [0.29, 0.717) is 25.4 Å². The Balaban J connectivity index is 1.47. The number of benzene rings is 1. The van der Waals surface area contributed by atoms with Crippen LogP contribution in [0.4, 0.5) is 0 Å². The van der Waals surface area contributed by atoms with Crippen molar-refractivity contribution in [2.75, 3.05) is 6.61 Å². The molecule has 5 rings (SSSR count). The number of allylic oxidation sites excluding steroid dienone is 1. The SMILES string of the molecule is C=CCOC1C=C2CC[C@@H]3[C@@H](CC[C@]4(C)C(O)(c5ccccc5)CC[C@@]34O)[C@@]2(C)CC1. The number of aliphatic hydroxyl groups is 2. The minimum Gasteiger partial charge on any atom is -0.389 e. The van der Waals surface area contributed by atoms with Gasteiger partial charge in [-0.1, -0.05) is 61.9 Å². The summed E-state index contributed by atoms with van der Waals surface area (Å²) in [5.74, 6) is 0.723. The van der Waals surface area contributed by atoms with Gasteiger partial charge in [0.05, 0.1) is 23.9 Å². The average molecular weight is 423 g/mol. The second-order valence-corrected chi connectivity index (χ2v) is 11.1. The van der Waals surface area contributed by atoms with Crippen LogP contribution in [0.3, 0.4) is 0 Å². The highest BCUT2D eigenvalue weighted by atomic mass is 16.5. The zero-order valence-electron chi connectivity index (χ0n) is 19.1. The Morgan fingerprint density at radius 1 is 1.00 bits per heavy atom. The van der Waals surface area contributed by atoms with E-state index in [2.05, 4.69) is 26.5 Å². The third-order valence-corrected chi connectivity index (χ3v) is 10.1. The molecule has 1 aromatic rings. The van der Waals surface area contributed by atoms with Crippen molar-refractivity contribution in [3.8, 4) is 0 Å². The van der Waals surface area contributed by atoms with Crippen molar-refractivity contribution in [3.63, 3.8) is 0 Å². The quantitative estimate of drug-likeness (QED) is 0.628. The van der Waals surface area contributed by atoms with E-state index in [9.17, 15) is 10.2 Å². The van der Waals surface area contributed by atoms with Crippen molar-refractivity contribution in [1.29, 1.82) is 0 Å². The van der Waals surface area contributed by atoms with E-state index < -0.39 is 16.6 Å². The minimum absolute atomic E-state index is 0.140. The normalized spacial score (nSPS) is 46.5. The predicted molar refractivity (Wildman–Crippen MR) is 123 cm³/mol. The summed E-state index contributed by atoms with van der Waals surface area (Å²) in [7, 11) is 0. The van der Waals surface area contributed by atoms with Crippen LogP contribution in [0.5, 0.6) is 0 Å². The summed E-state index contributed by atoms with van der Waals surface area (Å²) in [4.78, 5) is 0. The molecule has 0 spiro atoms. The fourth-order valence-corrected chi connectivity index (χ4v) is 8.18. The van der Waals surface area contributed by atoms with E-state index in [1.54, 1.807) is 0 Å². The van der Waals surface area contributed by atoms with Gasteiger partial charge >= 0.3 is 0 Å². The van der Waals surface area contributed by atoms with Gasteiger partial charge in [0.1, 0.15) is 0 Å².